The Bertz CT molecular complexity index is 4190. The van der Waals surface area contributed by atoms with E-state index in [9.17, 15) is 0 Å². The molecule has 0 radical (unpaired) electrons. The van der Waals surface area contributed by atoms with Gasteiger partial charge in [-0.1, -0.05) is 133 Å². The first-order valence-corrected chi connectivity index (χ1v) is 23.1. The van der Waals surface area contributed by atoms with Crippen molar-refractivity contribution < 1.29 is 0 Å². The fourth-order valence-electron chi connectivity index (χ4n) is 10.3. The van der Waals surface area contributed by atoms with Gasteiger partial charge in [0.2, 0.25) is 0 Å². The lowest BCUT2D eigenvalue weighted by molar-refractivity contribution is 1.07. The Balaban J connectivity index is 0.903. The number of rotatable bonds is 7. The maximum Gasteiger partial charge on any atom is 0.139 e. The van der Waals surface area contributed by atoms with Crippen molar-refractivity contribution in [2.45, 2.75) is 0 Å². The van der Waals surface area contributed by atoms with Gasteiger partial charge in [0.25, 0.3) is 0 Å². The molecule has 8 heteroatoms. The van der Waals surface area contributed by atoms with Gasteiger partial charge in [-0.15, -0.1) is 0 Å². The Morgan fingerprint density at radius 3 is 0.870 bits per heavy atom. The number of hydrogen-bond donors (Lipinski definition) is 0. The molecule has 0 saturated heterocycles. The van der Waals surface area contributed by atoms with E-state index in [2.05, 4.69) is 202 Å². The lowest BCUT2D eigenvalue weighted by atomic mass is 10.1. The van der Waals surface area contributed by atoms with Crippen molar-refractivity contribution in [3.63, 3.8) is 0 Å². The average molecular weight is 883 g/mol. The third-order valence-corrected chi connectivity index (χ3v) is 13.3. The summed E-state index contributed by atoms with van der Waals surface area (Å²) in [6.45, 7) is 0. The minimum absolute atomic E-state index is 0.715. The minimum Gasteiger partial charge on any atom is -0.294 e. The van der Waals surface area contributed by atoms with Crippen LogP contribution in [0.3, 0.4) is 0 Å². The summed E-state index contributed by atoms with van der Waals surface area (Å²) in [6, 6.07) is 79.8. The summed E-state index contributed by atoms with van der Waals surface area (Å²) in [5.74, 6) is 2.44. The van der Waals surface area contributed by atoms with Crippen molar-refractivity contribution in [1.29, 1.82) is 0 Å². The maximum absolute atomic E-state index is 5.44. The summed E-state index contributed by atoms with van der Waals surface area (Å²) >= 11 is 0. The van der Waals surface area contributed by atoms with E-state index in [1.807, 2.05) is 42.5 Å². The quantitative estimate of drug-likeness (QED) is 0.159. The van der Waals surface area contributed by atoms with Crippen LogP contribution in [0.25, 0.3) is 128 Å². The van der Waals surface area contributed by atoms with Crippen molar-refractivity contribution in [3.8, 4) is 62.9 Å². The van der Waals surface area contributed by atoms with E-state index in [1.54, 1.807) is 0 Å². The summed E-state index contributed by atoms with van der Waals surface area (Å²) in [7, 11) is 0. The number of nitrogens with zero attached hydrogens (tertiary/aromatic N) is 8. The number of para-hydroxylation sites is 6. The largest absolute Gasteiger partial charge is 0.294 e. The molecule has 0 bridgehead atoms. The van der Waals surface area contributed by atoms with Crippen LogP contribution in [0, 0.1) is 0 Å². The predicted octanol–water partition coefficient (Wildman–Crippen LogP) is 14.6. The molecule has 14 aromatic rings. The molecule has 0 aliphatic rings. The first-order chi connectivity index (χ1) is 34.2. The topological polar surface area (TPSA) is 79.2 Å². The van der Waals surface area contributed by atoms with Gasteiger partial charge < -0.3 is 0 Å². The highest BCUT2D eigenvalue weighted by atomic mass is 15.1. The van der Waals surface area contributed by atoms with Crippen LogP contribution in [0.4, 0.5) is 0 Å². The van der Waals surface area contributed by atoms with Crippen LogP contribution >= 0.6 is 0 Å². The lowest BCUT2D eigenvalue weighted by Gasteiger charge is -2.14. The molecule has 0 fully saturated rings. The van der Waals surface area contributed by atoms with Crippen molar-refractivity contribution >= 4 is 65.4 Å². The fraction of sp³-hybridized carbons (Fsp3) is 0. The second kappa shape index (κ2) is 15.5. The molecule has 14 rings (SSSR count). The monoisotopic (exact) mass is 882 g/mol. The summed E-state index contributed by atoms with van der Waals surface area (Å²) in [5.41, 5.74) is 12.7. The molecule has 8 heterocycles. The Hall–Kier alpha value is -9.53. The number of aromatic nitrogens is 8. The highest BCUT2D eigenvalue weighted by Crippen LogP contribution is 2.37. The maximum atomic E-state index is 5.44. The molecule has 8 aromatic heterocycles. The summed E-state index contributed by atoms with van der Waals surface area (Å²) < 4.78 is 6.74. The molecule has 0 spiro atoms. The van der Waals surface area contributed by atoms with E-state index >= 15 is 0 Å². The van der Waals surface area contributed by atoms with E-state index in [0.29, 0.717) is 11.4 Å². The highest BCUT2D eigenvalue weighted by Gasteiger charge is 2.19. The van der Waals surface area contributed by atoms with Crippen LogP contribution in [0.15, 0.2) is 231 Å². The molecular formula is C61H38N8. The van der Waals surface area contributed by atoms with Crippen LogP contribution in [0.5, 0.6) is 0 Å². The fourth-order valence-corrected chi connectivity index (χ4v) is 10.3. The summed E-state index contributed by atoms with van der Waals surface area (Å²) in [5, 5.41) is 7.09. The molecule has 69 heavy (non-hydrogen) atoms. The molecule has 0 aliphatic heterocycles. The van der Waals surface area contributed by atoms with E-state index in [-0.39, 0.29) is 0 Å². The first kappa shape index (κ1) is 38.7. The Morgan fingerprint density at radius 1 is 0.203 bits per heavy atom. The predicted molar refractivity (Wildman–Crippen MR) is 280 cm³/mol. The van der Waals surface area contributed by atoms with Crippen molar-refractivity contribution in [2.24, 2.45) is 0 Å². The Labute approximate surface area is 395 Å². The van der Waals surface area contributed by atoms with Crippen LogP contribution < -0.4 is 0 Å². The molecule has 0 amide bonds. The van der Waals surface area contributed by atoms with E-state index < -0.39 is 0 Å². The Kier molecular flexibility index (Phi) is 8.72. The standard InChI is InChI=1S/C61H38N8/c1-7-29-53-40(17-1)41-18-2-8-30-54(41)67(53)59-35-15-23-46(64-59)39-37-52(66-61(38-39)69-57-33-11-5-21-44(57)45-22-6-12-34-58(45)69)51-27-14-25-48(63-51)47-24-13-26-49(62-47)50-28-16-36-60(65-50)68-55-31-9-3-19-42(55)43-20-4-10-32-56(43)68/h1-38H. The van der Waals surface area contributed by atoms with E-state index in [4.69, 9.17) is 24.9 Å². The zero-order chi connectivity index (χ0) is 45.4. The van der Waals surface area contributed by atoms with Gasteiger partial charge in [-0.2, -0.15) is 0 Å². The summed E-state index contributed by atoms with van der Waals surface area (Å²) in [4.78, 5) is 26.6. The summed E-state index contributed by atoms with van der Waals surface area (Å²) in [6.07, 6.45) is 0. The van der Waals surface area contributed by atoms with Gasteiger partial charge >= 0.3 is 0 Å². The molecule has 8 nitrogen and oxygen atoms in total. The smallest absolute Gasteiger partial charge is 0.139 e. The molecule has 0 saturated carbocycles. The van der Waals surface area contributed by atoms with Crippen LogP contribution in [-0.4, -0.2) is 38.6 Å². The van der Waals surface area contributed by atoms with E-state index in [1.165, 1.54) is 21.5 Å². The third kappa shape index (κ3) is 6.27. The normalized spacial score (nSPS) is 11.8. The lowest BCUT2D eigenvalue weighted by Crippen LogP contribution is -2.02. The Morgan fingerprint density at radius 2 is 0.478 bits per heavy atom. The molecule has 322 valence electrons. The van der Waals surface area contributed by atoms with Gasteiger partial charge in [0.1, 0.15) is 17.5 Å². The first-order valence-electron chi connectivity index (χ1n) is 23.1. The van der Waals surface area contributed by atoms with Crippen LogP contribution in [-0.2, 0) is 0 Å². The van der Waals surface area contributed by atoms with Crippen molar-refractivity contribution in [3.05, 3.63) is 231 Å². The van der Waals surface area contributed by atoms with Crippen molar-refractivity contribution in [1.82, 2.24) is 38.6 Å². The second-order valence-corrected chi connectivity index (χ2v) is 17.3. The third-order valence-electron chi connectivity index (χ3n) is 13.3. The molecule has 0 N–H and O–H groups in total. The SMILES string of the molecule is c1cc(-c2cccc(-c3cc(-c4cccc(-n5c6ccccc6c6ccccc65)n4)cc(-n4c5ccccc5c5ccccc54)n3)n2)nc(-c2cccc(-n3c4ccccc4c4ccccc43)n2)c1. The minimum atomic E-state index is 0.715. The number of benzene rings is 6. The molecule has 0 unspecified atom stereocenters. The van der Waals surface area contributed by atoms with Gasteiger partial charge in [-0.25, -0.2) is 24.9 Å². The molecule has 0 atom stereocenters. The zero-order valence-corrected chi connectivity index (χ0v) is 37.0. The number of pyridine rings is 5. The van der Waals surface area contributed by atoms with Gasteiger partial charge in [0.05, 0.1) is 73.0 Å². The number of fused-ring (bicyclic) bond motifs is 9. The van der Waals surface area contributed by atoms with Crippen molar-refractivity contribution in [2.75, 3.05) is 0 Å². The van der Waals surface area contributed by atoms with Gasteiger partial charge in [-0.05, 0) is 97.1 Å². The number of hydrogen-bond acceptors (Lipinski definition) is 5. The average Bonchev–Trinajstić information content (AvgIpc) is 4.07. The van der Waals surface area contributed by atoms with Gasteiger partial charge in [-0.3, -0.25) is 13.7 Å². The van der Waals surface area contributed by atoms with Crippen LogP contribution in [0.1, 0.15) is 0 Å². The van der Waals surface area contributed by atoms with E-state index in [0.717, 1.165) is 95.4 Å². The highest BCUT2D eigenvalue weighted by molar-refractivity contribution is 6.11. The van der Waals surface area contributed by atoms with Gasteiger partial charge in [0, 0.05) is 37.9 Å². The van der Waals surface area contributed by atoms with Gasteiger partial charge in [0.15, 0.2) is 0 Å². The molecule has 6 aromatic carbocycles. The molecular weight excluding hydrogens is 845 g/mol. The van der Waals surface area contributed by atoms with Crippen LogP contribution in [0.2, 0.25) is 0 Å². The molecule has 0 aliphatic carbocycles. The zero-order valence-electron chi connectivity index (χ0n) is 37.0. The second-order valence-electron chi connectivity index (χ2n) is 17.3.